The number of anilines is 1. The highest BCUT2D eigenvalue weighted by atomic mass is 79.9. The number of hydrogen-bond acceptors (Lipinski definition) is 3. The summed E-state index contributed by atoms with van der Waals surface area (Å²) in [6.07, 6.45) is 1.83. The molecular formula is C15H17BrN2S. The van der Waals surface area contributed by atoms with Crippen molar-refractivity contribution in [2.75, 3.05) is 17.7 Å². The zero-order chi connectivity index (χ0) is 13.7. The molecule has 0 fully saturated rings. The number of benzene rings is 1. The third-order valence-corrected chi connectivity index (χ3v) is 4.12. The second-order valence-corrected chi connectivity index (χ2v) is 6.52. The molecule has 4 heteroatoms. The zero-order valence-electron chi connectivity index (χ0n) is 11.1. The van der Waals surface area contributed by atoms with Crippen molar-refractivity contribution in [2.45, 2.75) is 18.4 Å². The molecule has 1 heterocycles. The monoisotopic (exact) mass is 336 g/mol. The molecule has 2 nitrogen and oxygen atoms in total. The van der Waals surface area contributed by atoms with E-state index in [9.17, 15) is 0 Å². The van der Waals surface area contributed by atoms with Crippen LogP contribution in [0.15, 0.2) is 52.0 Å². The molecule has 0 N–H and O–H groups in total. The molecule has 0 aliphatic rings. The van der Waals surface area contributed by atoms with Gasteiger partial charge in [-0.1, -0.05) is 19.1 Å². The summed E-state index contributed by atoms with van der Waals surface area (Å²) in [5, 5.41) is 0. The molecule has 0 aliphatic heterocycles. The van der Waals surface area contributed by atoms with Gasteiger partial charge in [-0.2, -0.15) is 0 Å². The van der Waals surface area contributed by atoms with Gasteiger partial charge in [0, 0.05) is 29.2 Å². The minimum absolute atomic E-state index is 0.867. The van der Waals surface area contributed by atoms with E-state index in [0.717, 1.165) is 22.6 Å². The molecule has 1 aromatic heterocycles. The fraction of sp³-hybridized carbons (Fsp3) is 0.267. The number of hydrogen-bond donors (Lipinski definition) is 0. The smallest absolute Gasteiger partial charge is 0.128 e. The summed E-state index contributed by atoms with van der Waals surface area (Å²) >= 11 is 5.27. The van der Waals surface area contributed by atoms with Crippen molar-refractivity contribution >= 4 is 33.5 Å². The van der Waals surface area contributed by atoms with Gasteiger partial charge in [-0.25, -0.2) is 4.98 Å². The predicted molar refractivity (Wildman–Crippen MR) is 86.9 cm³/mol. The molecule has 2 rings (SSSR count). The molecule has 0 saturated carbocycles. The van der Waals surface area contributed by atoms with Gasteiger partial charge in [0.15, 0.2) is 0 Å². The maximum atomic E-state index is 4.40. The molecule has 2 aromatic rings. The van der Waals surface area contributed by atoms with Crippen LogP contribution in [0, 0.1) is 0 Å². The van der Waals surface area contributed by atoms with Gasteiger partial charge in [-0.3, -0.25) is 0 Å². The fourth-order valence-electron chi connectivity index (χ4n) is 1.81. The van der Waals surface area contributed by atoms with Gasteiger partial charge in [0.1, 0.15) is 5.82 Å². The Hall–Kier alpha value is -1.00. The first-order valence-corrected chi connectivity index (χ1v) is 8.01. The lowest BCUT2D eigenvalue weighted by Gasteiger charge is -2.18. The Morgan fingerprint density at radius 3 is 2.47 bits per heavy atom. The van der Waals surface area contributed by atoms with Crippen LogP contribution in [-0.4, -0.2) is 17.8 Å². The number of rotatable bonds is 5. The molecule has 0 spiro atoms. The first-order valence-electron chi connectivity index (χ1n) is 6.23. The van der Waals surface area contributed by atoms with Gasteiger partial charge in [0.2, 0.25) is 0 Å². The summed E-state index contributed by atoms with van der Waals surface area (Å²) < 4.78 is 1.01. The van der Waals surface area contributed by atoms with Crippen LogP contribution < -0.4 is 4.90 Å². The molecule has 0 saturated heterocycles. The standard InChI is InChI=1S/C15H17BrN2S/c1-3-19-14-7-4-12(5-8-14)11-18(2)15-9-6-13(16)10-17-15/h4-10H,3,11H2,1-2H3. The van der Waals surface area contributed by atoms with Gasteiger partial charge in [0.25, 0.3) is 0 Å². The van der Waals surface area contributed by atoms with E-state index in [1.165, 1.54) is 10.5 Å². The lowest BCUT2D eigenvalue weighted by Crippen LogP contribution is -2.17. The molecule has 0 radical (unpaired) electrons. The van der Waals surface area contributed by atoms with Crippen LogP contribution in [0.3, 0.4) is 0 Å². The molecule has 100 valence electrons. The summed E-state index contributed by atoms with van der Waals surface area (Å²) in [6.45, 7) is 3.04. The summed E-state index contributed by atoms with van der Waals surface area (Å²) in [5.74, 6) is 2.09. The SMILES string of the molecule is CCSc1ccc(CN(C)c2ccc(Br)cn2)cc1. The van der Waals surface area contributed by atoms with E-state index >= 15 is 0 Å². The van der Waals surface area contributed by atoms with Crippen molar-refractivity contribution in [3.8, 4) is 0 Å². The minimum Gasteiger partial charge on any atom is -0.355 e. The summed E-state index contributed by atoms with van der Waals surface area (Å²) in [6, 6.07) is 12.8. The van der Waals surface area contributed by atoms with Crippen LogP contribution in [0.25, 0.3) is 0 Å². The highest BCUT2D eigenvalue weighted by Crippen LogP contribution is 2.20. The molecule has 0 aliphatic carbocycles. The molecule has 0 amide bonds. The maximum absolute atomic E-state index is 4.40. The van der Waals surface area contributed by atoms with Crippen LogP contribution in [0.2, 0.25) is 0 Å². The van der Waals surface area contributed by atoms with Gasteiger partial charge in [-0.05, 0) is 51.5 Å². The molecule has 1 aromatic carbocycles. The predicted octanol–water partition coefficient (Wildman–Crippen LogP) is 4.59. The number of aromatic nitrogens is 1. The van der Waals surface area contributed by atoms with E-state index in [4.69, 9.17) is 0 Å². The first kappa shape index (κ1) is 14.4. The number of thioether (sulfide) groups is 1. The van der Waals surface area contributed by atoms with E-state index in [0.29, 0.717) is 0 Å². The summed E-state index contributed by atoms with van der Waals surface area (Å²) in [7, 11) is 2.06. The Morgan fingerprint density at radius 2 is 1.89 bits per heavy atom. The van der Waals surface area contributed by atoms with Crippen molar-refractivity contribution in [2.24, 2.45) is 0 Å². The maximum Gasteiger partial charge on any atom is 0.128 e. The quantitative estimate of drug-likeness (QED) is 0.742. The van der Waals surface area contributed by atoms with Crippen LogP contribution in [-0.2, 0) is 6.54 Å². The Balaban J connectivity index is 2.01. The Bertz CT molecular complexity index is 511. The van der Waals surface area contributed by atoms with Crippen LogP contribution in [0.4, 0.5) is 5.82 Å². The van der Waals surface area contributed by atoms with E-state index in [1.807, 2.05) is 30.1 Å². The van der Waals surface area contributed by atoms with Gasteiger partial charge in [0.05, 0.1) is 0 Å². The van der Waals surface area contributed by atoms with Gasteiger partial charge in [-0.15, -0.1) is 11.8 Å². The van der Waals surface area contributed by atoms with E-state index < -0.39 is 0 Å². The molecular weight excluding hydrogens is 320 g/mol. The van der Waals surface area contributed by atoms with E-state index in [2.05, 4.69) is 64.1 Å². The number of pyridine rings is 1. The number of halogens is 1. The molecule has 0 atom stereocenters. The topological polar surface area (TPSA) is 16.1 Å². The molecule has 0 unspecified atom stereocenters. The summed E-state index contributed by atoms with van der Waals surface area (Å²) in [5.41, 5.74) is 1.30. The highest BCUT2D eigenvalue weighted by molar-refractivity contribution is 9.10. The van der Waals surface area contributed by atoms with Crippen molar-refractivity contribution in [3.05, 3.63) is 52.6 Å². The summed E-state index contributed by atoms with van der Waals surface area (Å²) in [4.78, 5) is 7.87. The zero-order valence-corrected chi connectivity index (χ0v) is 13.5. The Morgan fingerprint density at radius 1 is 1.16 bits per heavy atom. The Kier molecular flexibility index (Phi) is 5.28. The lowest BCUT2D eigenvalue weighted by atomic mass is 10.2. The average molecular weight is 337 g/mol. The van der Waals surface area contributed by atoms with Crippen LogP contribution >= 0.6 is 27.7 Å². The minimum atomic E-state index is 0.867. The fourth-order valence-corrected chi connectivity index (χ4v) is 2.70. The largest absolute Gasteiger partial charge is 0.355 e. The normalized spacial score (nSPS) is 10.5. The van der Waals surface area contributed by atoms with Crippen LogP contribution in [0.1, 0.15) is 12.5 Å². The van der Waals surface area contributed by atoms with Gasteiger partial charge >= 0.3 is 0 Å². The Labute approximate surface area is 127 Å². The van der Waals surface area contributed by atoms with E-state index in [-0.39, 0.29) is 0 Å². The number of nitrogens with zero attached hydrogens (tertiary/aromatic N) is 2. The highest BCUT2D eigenvalue weighted by Gasteiger charge is 2.03. The second kappa shape index (κ2) is 6.96. The average Bonchev–Trinajstić information content (AvgIpc) is 2.42. The van der Waals surface area contributed by atoms with Crippen molar-refractivity contribution in [3.63, 3.8) is 0 Å². The van der Waals surface area contributed by atoms with Crippen molar-refractivity contribution in [1.82, 2.24) is 4.98 Å². The van der Waals surface area contributed by atoms with Crippen LogP contribution in [0.5, 0.6) is 0 Å². The second-order valence-electron chi connectivity index (χ2n) is 4.27. The third-order valence-electron chi connectivity index (χ3n) is 2.76. The molecule has 0 bridgehead atoms. The first-order chi connectivity index (χ1) is 9.19. The van der Waals surface area contributed by atoms with Crippen molar-refractivity contribution in [1.29, 1.82) is 0 Å². The van der Waals surface area contributed by atoms with E-state index in [1.54, 1.807) is 0 Å². The third kappa shape index (κ3) is 4.25. The van der Waals surface area contributed by atoms with Gasteiger partial charge < -0.3 is 4.90 Å². The van der Waals surface area contributed by atoms with Crippen molar-refractivity contribution < 1.29 is 0 Å². The molecule has 19 heavy (non-hydrogen) atoms. The lowest BCUT2D eigenvalue weighted by molar-refractivity contribution is 0.896.